The maximum atomic E-state index is 10.5. The standard InChI is InChI=1S/C13H15Cl2N3O/c1-2-3-12(18-8-16-7-17-18)13(19)10-5-4-9(14)6-11(10)15/h4-8,12-13,19H,2-3H2,1H3. The maximum absolute atomic E-state index is 10.5. The number of hydrogen-bond acceptors (Lipinski definition) is 3. The van der Waals surface area contributed by atoms with E-state index in [1.165, 1.54) is 6.33 Å². The molecule has 19 heavy (non-hydrogen) atoms. The summed E-state index contributed by atoms with van der Waals surface area (Å²) in [6.45, 7) is 2.06. The average Bonchev–Trinajstić information content (AvgIpc) is 2.89. The Labute approximate surface area is 122 Å². The fourth-order valence-corrected chi connectivity index (χ4v) is 2.59. The largest absolute Gasteiger partial charge is 0.386 e. The fourth-order valence-electron chi connectivity index (χ4n) is 2.07. The van der Waals surface area contributed by atoms with Gasteiger partial charge in [0.2, 0.25) is 0 Å². The van der Waals surface area contributed by atoms with Gasteiger partial charge in [-0.2, -0.15) is 5.10 Å². The van der Waals surface area contributed by atoms with Crippen LogP contribution in [-0.4, -0.2) is 19.9 Å². The molecule has 0 aliphatic rings. The number of hydrogen-bond donors (Lipinski definition) is 1. The van der Waals surface area contributed by atoms with E-state index in [0.717, 1.165) is 12.8 Å². The van der Waals surface area contributed by atoms with Crippen LogP contribution in [0.25, 0.3) is 0 Å². The zero-order chi connectivity index (χ0) is 13.8. The molecule has 0 aliphatic carbocycles. The Morgan fingerprint density at radius 3 is 2.74 bits per heavy atom. The second kappa shape index (κ2) is 6.37. The van der Waals surface area contributed by atoms with Crippen molar-refractivity contribution in [1.82, 2.24) is 14.8 Å². The van der Waals surface area contributed by atoms with E-state index in [1.807, 2.05) is 0 Å². The minimum atomic E-state index is -0.744. The van der Waals surface area contributed by atoms with Gasteiger partial charge in [-0.25, -0.2) is 9.67 Å². The van der Waals surface area contributed by atoms with Gasteiger partial charge in [-0.1, -0.05) is 42.6 Å². The number of aliphatic hydroxyl groups is 1. The predicted octanol–water partition coefficient (Wildman–Crippen LogP) is 3.66. The summed E-state index contributed by atoms with van der Waals surface area (Å²) >= 11 is 12.0. The molecule has 2 rings (SSSR count). The molecular formula is C13H15Cl2N3O. The summed E-state index contributed by atoms with van der Waals surface area (Å²) in [5, 5.41) is 15.7. The highest BCUT2D eigenvalue weighted by atomic mass is 35.5. The van der Waals surface area contributed by atoms with Crippen molar-refractivity contribution in [3.8, 4) is 0 Å². The van der Waals surface area contributed by atoms with Crippen LogP contribution in [-0.2, 0) is 0 Å². The molecule has 0 aliphatic heterocycles. The molecule has 6 heteroatoms. The molecule has 1 N–H and O–H groups in total. The van der Waals surface area contributed by atoms with Gasteiger partial charge in [0.1, 0.15) is 18.8 Å². The van der Waals surface area contributed by atoms with Crippen molar-refractivity contribution in [3.63, 3.8) is 0 Å². The summed E-state index contributed by atoms with van der Waals surface area (Å²) in [7, 11) is 0. The van der Waals surface area contributed by atoms with Crippen molar-refractivity contribution in [1.29, 1.82) is 0 Å². The third kappa shape index (κ3) is 3.26. The first-order chi connectivity index (χ1) is 9.13. The summed E-state index contributed by atoms with van der Waals surface area (Å²) in [4.78, 5) is 3.92. The molecule has 2 atom stereocenters. The molecule has 0 saturated heterocycles. The van der Waals surface area contributed by atoms with E-state index in [2.05, 4.69) is 17.0 Å². The van der Waals surface area contributed by atoms with Crippen molar-refractivity contribution in [3.05, 3.63) is 46.5 Å². The SMILES string of the molecule is CCCC(C(O)c1ccc(Cl)cc1Cl)n1cncn1. The number of nitrogens with zero attached hydrogens (tertiary/aromatic N) is 3. The van der Waals surface area contributed by atoms with E-state index in [9.17, 15) is 5.11 Å². The molecule has 1 aromatic carbocycles. The van der Waals surface area contributed by atoms with Crippen LogP contribution in [0.4, 0.5) is 0 Å². The average molecular weight is 300 g/mol. The highest BCUT2D eigenvalue weighted by molar-refractivity contribution is 6.35. The van der Waals surface area contributed by atoms with Crippen molar-refractivity contribution < 1.29 is 5.11 Å². The summed E-state index contributed by atoms with van der Waals surface area (Å²) in [5.41, 5.74) is 0.653. The monoisotopic (exact) mass is 299 g/mol. The molecular weight excluding hydrogens is 285 g/mol. The summed E-state index contributed by atoms with van der Waals surface area (Å²) in [5.74, 6) is 0. The van der Waals surface area contributed by atoms with Gasteiger partial charge in [-0.05, 0) is 18.6 Å². The number of rotatable bonds is 5. The summed E-state index contributed by atoms with van der Waals surface area (Å²) in [6.07, 6.45) is 4.02. The first kappa shape index (κ1) is 14.3. The molecule has 0 fully saturated rings. The Kier molecular flexibility index (Phi) is 4.80. The van der Waals surface area contributed by atoms with Crippen molar-refractivity contribution in [2.45, 2.75) is 31.9 Å². The van der Waals surface area contributed by atoms with Crippen LogP contribution in [0.1, 0.15) is 37.5 Å². The van der Waals surface area contributed by atoms with Crippen LogP contribution in [0.5, 0.6) is 0 Å². The van der Waals surface area contributed by atoms with Gasteiger partial charge in [0.15, 0.2) is 0 Å². The normalized spacial score (nSPS) is 14.3. The summed E-state index contributed by atoms with van der Waals surface area (Å²) in [6, 6.07) is 4.91. The third-order valence-electron chi connectivity index (χ3n) is 3.01. The minimum Gasteiger partial charge on any atom is -0.386 e. The Balaban J connectivity index is 2.31. The van der Waals surface area contributed by atoms with Gasteiger partial charge in [0, 0.05) is 15.6 Å². The van der Waals surface area contributed by atoms with E-state index in [0.29, 0.717) is 15.6 Å². The van der Waals surface area contributed by atoms with Gasteiger partial charge >= 0.3 is 0 Å². The van der Waals surface area contributed by atoms with Gasteiger partial charge in [-0.3, -0.25) is 0 Å². The van der Waals surface area contributed by atoms with Crippen LogP contribution in [0, 0.1) is 0 Å². The van der Waals surface area contributed by atoms with Crippen LogP contribution >= 0.6 is 23.2 Å². The topological polar surface area (TPSA) is 50.9 Å². The maximum Gasteiger partial charge on any atom is 0.137 e. The Hall–Kier alpha value is -1.10. The number of aliphatic hydroxyl groups excluding tert-OH is 1. The molecule has 4 nitrogen and oxygen atoms in total. The number of halogens is 2. The van der Waals surface area contributed by atoms with E-state index in [4.69, 9.17) is 23.2 Å². The Morgan fingerprint density at radius 2 is 2.16 bits per heavy atom. The molecule has 0 bridgehead atoms. The van der Waals surface area contributed by atoms with Crippen molar-refractivity contribution >= 4 is 23.2 Å². The third-order valence-corrected chi connectivity index (χ3v) is 3.57. The molecule has 0 amide bonds. The second-order valence-electron chi connectivity index (χ2n) is 4.34. The number of aromatic nitrogens is 3. The van der Waals surface area contributed by atoms with Crippen molar-refractivity contribution in [2.24, 2.45) is 0 Å². The lowest BCUT2D eigenvalue weighted by atomic mass is 9.99. The van der Waals surface area contributed by atoms with E-state index in [1.54, 1.807) is 29.2 Å². The molecule has 2 aromatic rings. The summed E-state index contributed by atoms with van der Waals surface area (Å²) < 4.78 is 1.67. The van der Waals surface area contributed by atoms with Crippen LogP contribution in [0.3, 0.4) is 0 Å². The smallest absolute Gasteiger partial charge is 0.137 e. The van der Waals surface area contributed by atoms with Crippen molar-refractivity contribution in [2.75, 3.05) is 0 Å². The Morgan fingerprint density at radius 1 is 1.37 bits per heavy atom. The Bertz CT molecular complexity index is 531. The van der Waals surface area contributed by atoms with Crippen LogP contribution in [0.15, 0.2) is 30.9 Å². The van der Waals surface area contributed by atoms with E-state index in [-0.39, 0.29) is 6.04 Å². The van der Waals surface area contributed by atoms with Crippen LogP contribution < -0.4 is 0 Å². The highest BCUT2D eigenvalue weighted by Gasteiger charge is 2.24. The molecule has 0 saturated carbocycles. The lowest BCUT2D eigenvalue weighted by molar-refractivity contribution is 0.100. The van der Waals surface area contributed by atoms with Gasteiger partial charge in [-0.15, -0.1) is 0 Å². The quantitative estimate of drug-likeness (QED) is 0.916. The highest BCUT2D eigenvalue weighted by Crippen LogP contribution is 2.34. The lowest BCUT2D eigenvalue weighted by Gasteiger charge is -2.23. The zero-order valence-electron chi connectivity index (χ0n) is 10.5. The molecule has 1 heterocycles. The molecule has 1 aromatic heterocycles. The first-order valence-corrected chi connectivity index (χ1v) is 6.86. The van der Waals surface area contributed by atoms with Gasteiger partial charge in [0.25, 0.3) is 0 Å². The fraction of sp³-hybridized carbons (Fsp3) is 0.385. The lowest BCUT2D eigenvalue weighted by Crippen LogP contribution is -2.18. The number of benzene rings is 1. The van der Waals surface area contributed by atoms with Crippen LogP contribution in [0.2, 0.25) is 10.0 Å². The molecule has 0 spiro atoms. The van der Waals surface area contributed by atoms with Gasteiger partial charge < -0.3 is 5.11 Å². The predicted molar refractivity (Wildman–Crippen MR) is 75.4 cm³/mol. The molecule has 0 radical (unpaired) electrons. The van der Waals surface area contributed by atoms with Gasteiger partial charge in [0.05, 0.1) is 6.04 Å². The zero-order valence-corrected chi connectivity index (χ0v) is 12.0. The minimum absolute atomic E-state index is 0.189. The van der Waals surface area contributed by atoms with E-state index >= 15 is 0 Å². The molecule has 102 valence electrons. The first-order valence-electron chi connectivity index (χ1n) is 6.10. The molecule has 2 unspecified atom stereocenters. The second-order valence-corrected chi connectivity index (χ2v) is 5.19. The van der Waals surface area contributed by atoms with E-state index < -0.39 is 6.10 Å².